The first-order valence-electron chi connectivity index (χ1n) is 6.15. The first-order chi connectivity index (χ1) is 6.83. The zero-order chi connectivity index (χ0) is 13.6. The molecule has 0 amide bonds. The summed E-state index contributed by atoms with van der Waals surface area (Å²) in [5.41, 5.74) is 3.52. The van der Waals surface area contributed by atoms with E-state index in [-0.39, 0.29) is 0 Å². The van der Waals surface area contributed by atoms with E-state index in [1.165, 1.54) is 11.1 Å². The number of hydrogen-bond donors (Lipinski definition) is 0. The van der Waals surface area contributed by atoms with E-state index in [0.29, 0.717) is 10.8 Å². The van der Waals surface area contributed by atoms with Gasteiger partial charge in [-0.25, -0.2) is 0 Å². The Morgan fingerprint density at radius 2 is 0.750 bits per heavy atom. The van der Waals surface area contributed by atoms with Crippen molar-refractivity contribution in [2.75, 3.05) is 0 Å². The molecule has 0 heteroatoms. The molecule has 16 heavy (non-hydrogen) atoms. The van der Waals surface area contributed by atoms with E-state index >= 15 is 0 Å². The molecule has 0 aliphatic heterocycles. The highest BCUT2D eigenvalue weighted by molar-refractivity contribution is 5.00. The topological polar surface area (TPSA) is 0 Å². The molecule has 0 radical (unpaired) electrons. The maximum atomic E-state index is 2.27. The molecule has 0 unspecified atom stereocenters. The third-order valence-corrected chi connectivity index (χ3v) is 1.44. The summed E-state index contributed by atoms with van der Waals surface area (Å²) in [5, 5.41) is 0. The molecule has 0 aromatic carbocycles. The highest BCUT2D eigenvalue weighted by Gasteiger charge is 2.03. The van der Waals surface area contributed by atoms with Crippen LogP contribution in [0.3, 0.4) is 0 Å². The molecule has 0 rings (SSSR count). The van der Waals surface area contributed by atoms with E-state index in [4.69, 9.17) is 0 Å². The zero-order valence-electron chi connectivity index (χ0n) is 13.2. The molecular formula is C16H32. The van der Waals surface area contributed by atoms with Gasteiger partial charge in [0.15, 0.2) is 0 Å². The van der Waals surface area contributed by atoms with E-state index < -0.39 is 0 Å². The van der Waals surface area contributed by atoms with Crippen molar-refractivity contribution in [1.82, 2.24) is 0 Å². The molecule has 0 saturated carbocycles. The van der Waals surface area contributed by atoms with E-state index in [9.17, 15) is 0 Å². The van der Waals surface area contributed by atoms with Crippen molar-refractivity contribution in [3.05, 3.63) is 23.3 Å². The van der Waals surface area contributed by atoms with Crippen molar-refractivity contribution >= 4 is 0 Å². The molecule has 0 N–H and O–H groups in total. The molecule has 0 heterocycles. The van der Waals surface area contributed by atoms with Crippen LogP contribution in [0.1, 0.15) is 69.2 Å². The van der Waals surface area contributed by atoms with Gasteiger partial charge in [-0.1, -0.05) is 64.8 Å². The summed E-state index contributed by atoms with van der Waals surface area (Å²) < 4.78 is 0. The molecule has 0 aliphatic rings. The van der Waals surface area contributed by atoms with Crippen molar-refractivity contribution in [2.24, 2.45) is 10.8 Å². The predicted molar refractivity (Wildman–Crippen MR) is 77.8 cm³/mol. The lowest BCUT2D eigenvalue weighted by Gasteiger charge is -2.11. The molecule has 0 aromatic heterocycles. The molecule has 0 fully saturated rings. The Kier molecular flexibility index (Phi) is 7.74. The van der Waals surface area contributed by atoms with Gasteiger partial charge in [-0.05, 0) is 38.5 Å². The van der Waals surface area contributed by atoms with Crippen molar-refractivity contribution in [2.45, 2.75) is 69.2 Å². The van der Waals surface area contributed by atoms with Crippen LogP contribution in [0.4, 0.5) is 0 Å². The Labute approximate surface area is 104 Å². The fourth-order valence-corrected chi connectivity index (χ4v) is 1.73. The van der Waals surface area contributed by atoms with Gasteiger partial charge in [0, 0.05) is 0 Å². The zero-order valence-corrected chi connectivity index (χ0v) is 13.2. The largest absolute Gasteiger partial charge is 0.0805 e. The van der Waals surface area contributed by atoms with Crippen LogP contribution in [0, 0.1) is 10.8 Å². The lowest BCUT2D eigenvalue weighted by Crippen LogP contribution is -1.99. The van der Waals surface area contributed by atoms with Crippen LogP contribution in [-0.4, -0.2) is 0 Å². The number of allylic oxidation sites excluding steroid dienone is 4. The summed E-state index contributed by atoms with van der Waals surface area (Å²) in [6.45, 7) is 21.8. The summed E-state index contributed by atoms with van der Waals surface area (Å²) in [5.74, 6) is 0. The Bertz CT molecular complexity index is 202. The van der Waals surface area contributed by atoms with Crippen LogP contribution in [0.2, 0.25) is 0 Å². The van der Waals surface area contributed by atoms with Crippen LogP contribution in [0.15, 0.2) is 23.3 Å². The van der Waals surface area contributed by atoms with Gasteiger partial charge in [0.1, 0.15) is 0 Å². The normalized spacial score (nSPS) is 11.1. The van der Waals surface area contributed by atoms with Crippen LogP contribution in [0.5, 0.6) is 0 Å². The Balaban J connectivity index is 0. The van der Waals surface area contributed by atoms with E-state index in [1.54, 1.807) is 0 Å². The summed E-state index contributed by atoms with van der Waals surface area (Å²) in [7, 11) is 0. The van der Waals surface area contributed by atoms with E-state index in [2.05, 4.69) is 81.4 Å². The van der Waals surface area contributed by atoms with Gasteiger partial charge >= 0.3 is 0 Å². The Hall–Kier alpha value is -0.520. The van der Waals surface area contributed by atoms with Crippen LogP contribution in [0.25, 0.3) is 0 Å². The minimum absolute atomic E-state index is 0.360. The van der Waals surface area contributed by atoms with Gasteiger partial charge < -0.3 is 0 Å². The van der Waals surface area contributed by atoms with Crippen molar-refractivity contribution in [3.8, 4) is 0 Å². The quantitative estimate of drug-likeness (QED) is 0.443. The van der Waals surface area contributed by atoms with Crippen LogP contribution < -0.4 is 0 Å². The lowest BCUT2D eigenvalue weighted by atomic mass is 9.94. The predicted octanol–water partition coefficient (Wildman–Crippen LogP) is 6.00. The van der Waals surface area contributed by atoms with Crippen LogP contribution in [-0.2, 0) is 0 Å². The molecule has 0 atom stereocenters. The average molecular weight is 224 g/mol. The number of rotatable bonds is 0. The Morgan fingerprint density at radius 1 is 0.562 bits per heavy atom. The average Bonchev–Trinajstić information content (AvgIpc) is 1.72. The van der Waals surface area contributed by atoms with Gasteiger partial charge in [-0.15, -0.1) is 0 Å². The molecule has 0 aromatic rings. The smallest absolute Gasteiger partial charge is 0.0201 e. The van der Waals surface area contributed by atoms with Gasteiger partial charge in [-0.2, -0.15) is 0 Å². The second kappa shape index (κ2) is 6.93. The molecule has 0 nitrogen and oxygen atoms in total. The highest BCUT2D eigenvalue weighted by atomic mass is 14.1. The van der Waals surface area contributed by atoms with Gasteiger partial charge in [0.2, 0.25) is 0 Å². The standard InChI is InChI=1S/2C8H16/c2*1-7(2)6-8(3,4)5/h2*6H,1-5H3. The van der Waals surface area contributed by atoms with Crippen LogP contribution >= 0.6 is 0 Å². The summed E-state index contributed by atoms with van der Waals surface area (Å²) in [6.07, 6.45) is 4.54. The summed E-state index contributed by atoms with van der Waals surface area (Å²) in [6, 6.07) is 0. The van der Waals surface area contributed by atoms with Gasteiger partial charge in [-0.3, -0.25) is 0 Å². The highest BCUT2D eigenvalue weighted by Crippen LogP contribution is 2.17. The first kappa shape index (κ1) is 17.9. The maximum Gasteiger partial charge on any atom is -0.0201 e. The SMILES string of the molecule is CC(C)=CC(C)(C)C.CC(C)=CC(C)(C)C. The summed E-state index contributed by atoms with van der Waals surface area (Å²) >= 11 is 0. The first-order valence-corrected chi connectivity index (χ1v) is 6.15. The molecule has 0 aliphatic carbocycles. The molecule has 0 bridgehead atoms. The third-order valence-electron chi connectivity index (χ3n) is 1.44. The number of hydrogen-bond acceptors (Lipinski definition) is 0. The Morgan fingerprint density at radius 3 is 0.750 bits per heavy atom. The minimum atomic E-state index is 0.360. The lowest BCUT2D eigenvalue weighted by molar-refractivity contribution is 0.539. The van der Waals surface area contributed by atoms with Gasteiger partial charge in [0.05, 0.1) is 0 Å². The van der Waals surface area contributed by atoms with Gasteiger partial charge in [0.25, 0.3) is 0 Å². The third kappa shape index (κ3) is 23.4. The molecule has 0 saturated heterocycles. The van der Waals surface area contributed by atoms with E-state index in [1.807, 2.05) is 0 Å². The monoisotopic (exact) mass is 224 g/mol. The molecule has 96 valence electrons. The van der Waals surface area contributed by atoms with Crippen molar-refractivity contribution in [1.29, 1.82) is 0 Å². The second-order valence-electron chi connectivity index (χ2n) is 7.18. The maximum absolute atomic E-state index is 2.27. The van der Waals surface area contributed by atoms with E-state index in [0.717, 1.165) is 0 Å². The van der Waals surface area contributed by atoms with Crippen molar-refractivity contribution in [3.63, 3.8) is 0 Å². The minimum Gasteiger partial charge on any atom is -0.0805 e. The fraction of sp³-hybridized carbons (Fsp3) is 0.750. The summed E-state index contributed by atoms with van der Waals surface area (Å²) in [4.78, 5) is 0. The molecular weight excluding hydrogens is 192 g/mol. The fourth-order valence-electron chi connectivity index (χ4n) is 1.73. The molecule has 0 spiro atoms. The second-order valence-corrected chi connectivity index (χ2v) is 7.18. The van der Waals surface area contributed by atoms with Crippen molar-refractivity contribution < 1.29 is 0 Å².